The van der Waals surface area contributed by atoms with Crippen LogP contribution in [0.3, 0.4) is 0 Å². The summed E-state index contributed by atoms with van der Waals surface area (Å²) < 4.78 is 0.865. The quantitative estimate of drug-likeness (QED) is 0.610. The van der Waals surface area contributed by atoms with Gasteiger partial charge in [0.1, 0.15) is 10.6 Å². The number of carbonyl (C=O) groups excluding carboxylic acids is 2. The highest BCUT2D eigenvalue weighted by molar-refractivity contribution is 7.21. The fraction of sp³-hybridized carbons (Fsp3) is 0.176. The van der Waals surface area contributed by atoms with E-state index in [4.69, 9.17) is 23.2 Å². The number of hydrogen-bond acceptors (Lipinski definition) is 5. The SMILES string of the molecule is O=C(NCCCNC(=O)c1sc2cc(Cl)ccc2c1Cl)c1cnccn1. The molecular weight excluding hydrogens is 395 g/mol. The Hall–Kier alpha value is -2.22. The summed E-state index contributed by atoms with van der Waals surface area (Å²) in [7, 11) is 0. The summed E-state index contributed by atoms with van der Waals surface area (Å²) in [4.78, 5) is 32.3. The smallest absolute Gasteiger partial charge is 0.271 e. The molecule has 2 heterocycles. The fourth-order valence-electron chi connectivity index (χ4n) is 2.26. The molecule has 2 amide bonds. The van der Waals surface area contributed by atoms with Gasteiger partial charge in [-0.15, -0.1) is 11.3 Å². The first-order chi connectivity index (χ1) is 12.6. The monoisotopic (exact) mass is 408 g/mol. The van der Waals surface area contributed by atoms with Gasteiger partial charge in [0.25, 0.3) is 11.8 Å². The molecule has 0 radical (unpaired) electrons. The van der Waals surface area contributed by atoms with Gasteiger partial charge in [0.2, 0.25) is 0 Å². The topological polar surface area (TPSA) is 84.0 Å². The molecule has 0 aliphatic carbocycles. The Labute approximate surface area is 163 Å². The van der Waals surface area contributed by atoms with Crippen molar-refractivity contribution in [3.63, 3.8) is 0 Å². The Balaban J connectivity index is 1.49. The third-order valence-electron chi connectivity index (χ3n) is 3.52. The molecule has 0 saturated heterocycles. The van der Waals surface area contributed by atoms with Crippen molar-refractivity contribution >= 4 is 56.4 Å². The Kier molecular flexibility index (Phi) is 6.03. The Morgan fingerprint density at radius 2 is 1.85 bits per heavy atom. The lowest BCUT2D eigenvalue weighted by Crippen LogP contribution is -2.30. The lowest BCUT2D eigenvalue weighted by Gasteiger charge is -2.06. The van der Waals surface area contributed by atoms with Gasteiger partial charge in [-0.2, -0.15) is 0 Å². The second-order valence-electron chi connectivity index (χ2n) is 5.34. The maximum absolute atomic E-state index is 12.3. The van der Waals surface area contributed by atoms with Crippen LogP contribution in [0.5, 0.6) is 0 Å². The van der Waals surface area contributed by atoms with Crippen LogP contribution in [-0.4, -0.2) is 34.9 Å². The van der Waals surface area contributed by atoms with Crippen molar-refractivity contribution in [3.8, 4) is 0 Å². The van der Waals surface area contributed by atoms with E-state index < -0.39 is 0 Å². The molecule has 3 aromatic rings. The molecule has 0 spiro atoms. The molecule has 3 rings (SSSR count). The summed E-state index contributed by atoms with van der Waals surface area (Å²) in [5.74, 6) is -0.540. The molecule has 6 nitrogen and oxygen atoms in total. The number of thiophene rings is 1. The molecule has 9 heteroatoms. The van der Waals surface area contributed by atoms with E-state index in [2.05, 4.69) is 20.6 Å². The second-order valence-corrected chi connectivity index (χ2v) is 7.21. The maximum atomic E-state index is 12.3. The van der Waals surface area contributed by atoms with Crippen LogP contribution < -0.4 is 10.6 Å². The first-order valence-corrected chi connectivity index (χ1v) is 9.33. The number of aromatic nitrogens is 2. The van der Waals surface area contributed by atoms with Gasteiger partial charge in [0, 0.05) is 40.6 Å². The first kappa shape index (κ1) is 18.6. The van der Waals surface area contributed by atoms with Crippen LogP contribution in [0.25, 0.3) is 10.1 Å². The van der Waals surface area contributed by atoms with Gasteiger partial charge in [-0.1, -0.05) is 29.3 Å². The first-order valence-electron chi connectivity index (χ1n) is 7.76. The van der Waals surface area contributed by atoms with Gasteiger partial charge in [0.05, 0.1) is 11.2 Å². The summed E-state index contributed by atoms with van der Waals surface area (Å²) >= 11 is 13.6. The lowest BCUT2D eigenvalue weighted by atomic mass is 10.2. The van der Waals surface area contributed by atoms with Crippen molar-refractivity contribution in [3.05, 3.63) is 57.4 Å². The zero-order chi connectivity index (χ0) is 18.5. The number of nitrogens with zero attached hydrogens (tertiary/aromatic N) is 2. The molecule has 2 N–H and O–H groups in total. The van der Waals surface area contributed by atoms with E-state index in [1.165, 1.54) is 29.9 Å². The predicted molar refractivity (Wildman–Crippen MR) is 103 cm³/mol. The minimum atomic E-state index is -0.297. The fourth-order valence-corrected chi connectivity index (χ4v) is 3.97. The summed E-state index contributed by atoms with van der Waals surface area (Å²) in [5, 5.41) is 7.36. The largest absolute Gasteiger partial charge is 0.351 e. The van der Waals surface area contributed by atoms with E-state index >= 15 is 0 Å². The van der Waals surface area contributed by atoms with Crippen molar-refractivity contribution in [2.45, 2.75) is 6.42 Å². The molecule has 0 fully saturated rings. The Morgan fingerprint density at radius 1 is 1.08 bits per heavy atom. The van der Waals surface area contributed by atoms with Gasteiger partial charge < -0.3 is 10.6 Å². The summed E-state index contributed by atoms with van der Waals surface area (Å²) in [6.07, 6.45) is 4.93. The number of rotatable bonds is 6. The van der Waals surface area contributed by atoms with Crippen molar-refractivity contribution in [2.75, 3.05) is 13.1 Å². The molecule has 1 aromatic carbocycles. The number of halogens is 2. The van der Waals surface area contributed by atoms with E-state index in [0.717, 1.165) is 10.1 Å². The molecule has 0 atom stereocenters. The zero-order valence-electron chi connectivity index (χ0n) is 13.5. The van der Waals surface area contributed by atoms with Crippen LogP contribution in [0, 0.1) is 0 Å². The average molecular weight is 409 g/mol. The third kappa shape index (κ3) is 4.30. The van der Waals surface area contributed by atoms with E-state index in [1.54, 1.807) is 18.2 Å². The van der Waals surface area contributed by atoms with Crippen LogP contribution in [0.4, 0.5) is 0 Å². The van der Waals surface area contributed by atoms with E-state index in [9.17, 15) is 9.59 Å². The molecule has 0 unspecified atom stereocenters. The standard InChI is InChI=1S/C17H14Cl2N4O2S/c18-10-2-3-11-13(8-10)26-15(14(11)19)17(25)23-5-1-4-22-16(24)12-9-20-6-7-21-12/h2-3,6-9H,1,4-5H2,(H,22,24)(H,23,25). The van der Waals surface area contributed by atoms with E-state index in [-0.39, 0.29) is 17.5 Å². The highest BCUT2D eigenvalue weighted by atomic mass is 35.5. The number of nitrogens with one attached hydrogen (secondary N) is 2. The molecule has 2 aromatic heterocycles. The molecule has 0 aliphatic rings. The average Bonchev–Trinajstić information content (AvgIpc) is 2.97. The third-order valence-corrected chi connectivity index (χ3v) is 5.41. The van der Waals surface area contributed by atoms with Gasteiger partial charge in [-0.25, -0.2) is 4.98 Å². The zero-order valence-corrected chi connectivity index (χ0v) is 15.8. The van der Waals surface area contributed by atoms with Crippen LogP contribution in [-0.2, 0) is 0 Å². The van der Waals surface area contributed by atoms with Crippen molar-refractivity contribution in [2.24, 2.45) is 0 Å². The highest BCUT2D eigenvalue weighted by Gasteiger charge is 2.17. The van der Waals surface area contributed by atoms with Crippen molar-refractivity contribution < 1.29 is 9.59 Å². The number of amides is 2. The number of fused-ring (bicyclic) bond motifs is 1. The number of benzene rings is 1. The Bertz CT molecular complexity index is 947. The van der Waals surface area contributed by atoms with Crippen LogP contribution in [0.2, 0.25) is 10.0 Å². The minimum absolute atomic E-state index is 0.243. The molecule has 134 valence electrons. The molecule has 26 heavy (non-hydrogen) atoms. The summed E-state index contributed by atoms with van der Waals surface area (Å²) in [6.45, 7) is 0.816. The highest BCUT2D eigenvalue weighted by Crippen LogP contribution is 2.36. The van der Waals surface area contributed by atoms with E-state index in [1.807, 2.05) is 0 Å². The van der Waals surface area contributed by atoms with Crippen molar-refractivity contribution in [1.82, 2.24) is 20.6 Å². The second kappa shape index (κ2) is 8.44. The van der Waals surface area contributed by atoms with Crippen LogP contribution >= 0.6 is 34.5 Å². The van der Waals surface area contributed by atoms with Gasteiger partial charge in [-0.3, -0.25) is 14.6 Å². The Morgan fingerprint density at radius 3 is 2.58 bits per heavy atom. The lowest BCUT2D eigenvalue weighted by molar-refractivity contribution is 0.0947. The normalized spacial score (nSPS) is 10.7. The molecule has 0 bridgehead atoms. The summed E-state index contributed by atoms with van der Waals surface area (Å²) in [6, 6.07) is 5.32. The van der Waals surface area contributed by atoms with Crippen LogP contribution in [0.1, 0.15) is 26.6 Å². The number of hydrogen-bond donors (Lipinski definition) is 2. The van der Waals surface area contributed by atoms with Crippen LogP contribution in [0.15, 0.2) is 36.8 Å². The van der Waals surface area contributed by atoms with E-state index in [0.29, 0.717) is 34.4 Å². The predicted octanol–water partition coefficient (Wildman–Crippen LogP) is 3.55. The minimum Gasteiger partial charge on any atom is -0.351 e. The van der Waals surface area contributed by atoms with Gasteiger partial charge in [0.15, 0.2) is 0 Å². The van der Waals surface area contributed by atoms with Crippen molar-refractivity contribution in [1.29, 1.82) is 0 Å². The summed E-state index contributed by atoms with van der Waals surface area (Å²) in [5.41, 5.74) is 0.257. The molecule has 0 aliphatic heterocycles. The van der Waals surface area contributed by atoms with Gasteiger partial charge >= 0.3 is 0 Å². The molecule has 0 saturated carbocycles. The maximum Gasteiger partial charge on any atom is 0.271 e. The van der Waals surface area contributed by atoms with Gasteiger partial charge in [-0.05, 0) is 18.6 Å². The molecular formula is C17H14Cl2N4O2S. The number of carbonyl (C=O) groups is 2.